The lowest BCUT2D eigenvalue weighted by atomic mass is 10.1. The zero-order valence-corrected chi connectivity index (χ0v) is 11.8. The molecule has 0 aliphatic carbocycles. The quantitative estimate of drug-likeness (QED) is 0.906. The number of aromatic nitrogens is 3. The van der Waals surface area contributed by atoms with Crippen molar-refractivity contribution in [1.82, 2.24) is 14.8 Å². The molecule has 1 aliphatic rings. The number of carboxylic acids is 1. The summed E-state index contributed by atoms with van der Waals surface area (Å²) in [7, 11) is 1.84. The minimum atomic E-state index is -0.928. The van der Waals surface area contributed by atoms with Crippen LogP contribution in [0.5, 0.6) is 0 Å². The largest absolute Gasteiger partial charge is 0.478 e. The molecule has 6 heteroatoms. The van der Waals surface area contributed by atoms with E-state index in [1.807, 2.05) is 14.0 Å². The van der Waals surface area contributed by atoms with Gasteiger partial charge in [-0.3, -0.25) is 4.68 Å². The normalized spacial score (nSPS) is 15.8. The van der Waals surface area contributed by atoms with Gasteiger partial charge in [0.15, 0.2) is 5.65 Å². The van der Waals surface area contributed by atoms with Gasteiger partial charge >= 0.3 is 5.97 Å². The maximum atomic E-state index is 11.5. The summed E-state index contributed by atoms with van der Waals surface area (Å²) in [5.74, 6) is -0.928. The highest BCUT2D eigenvalue weighted by molar-refractivity contribution is 6.04. The Hall–Kier alpha value is -2.11. The molecule has 0 radical (unpaired) electrons. The fraction of sp³-hybridized carbons (Fsp3) is 0.500. The molecule has 0 unspecified atom stereocenters. The minimum absolute atomic E-state index is 0.274. The van der Waals surface area contributed by atoms with Gasteiger partial charge in [0.1, 0.15) is 5.56 Å². The van der Waals surface area contributed by atoms with E-state index in [1.165, 1.54) is 12.6 Å². The molecule has 1 aliphatic heterocycles. The third-order valence-corrected chi connectivity index (χ3v) is 3.90. The highest BCUT2D eigenvalue weighted by Crippen LogP contribution is 2.33. The standard InChI is InChI=1S/C14H18N4O2/c1-9-11-12(18-6-4-3-5-7-18)10(14(19)20)8-15-13(11)17(2)16-9/h8H,3-7H2,1-2H3,(H,19,20). The first-order valence-corrected chi connectivity index (χ1v) is 6.90. The number of aromatic carboxylic acids is 1. The Kier molecular flexibility index (Phi) is 3.08. The lowest BCUT2D eigenvalue weighted by molar-refractivity contribution is 0.0697. The number of rotatable bonds is 2. The maximum Gasteiger partial charge on any atom is 0.339 e. The molecule has 3 heterocycles. The Morgan fingerprint density at radius 2 is 2.00 bits per heavy atom. The van der Waals surface area contributed by atoms with Crippen molar-refractivity contribution < 1.29 is 9.90 Å². The zero-order valence-electron chi connectivity index (χ0n) is 11.8. The van der Waals surface area contributed by atoms with E-state index in [2.05, 4.69) is 15.0 Å². The molecule has 2 aromatic rings. The van der Waals surface area contributed by atoms with Crippen LogP contribution in [0.2, 0.25) is 0 Å². The Labute approximate surface area is 117 Å². The molecule has 0 bridgehead atoms. The van der Waals surface area contributed by atoms with E-state index in [4.69, 9.17) is 0 Å². The smallest absolute Gasteiger partial charge is 0.339 e. The van der Waals surface area contributed by atoms with Gasteiger partial charge in [-0.15, -0.1) is 0 Å². The first-order chi connectivity index (χ1) is 9.59. The van der Waals surface area contributed by atoms with Gasteiger partial charge in [-0.1, -0.05) is 0 Å². The number of carbonyl (C=O) groups is 1. The zero-order chi connectivity index (χ0) is 14.3. The SMILES string of the molecule is Cc1nn(C)c2ncc(C(=O)O)c(N3CCCCC3)c12. The fourth-order valence-electron chi connectivity index (χ4n) is 3.00. The summed E-state index contributed by atoms with van der Waals surface area (Å²) in [6.07, 6.45) is 4.86. The summed E-state index contributed by atoms with van der Waals surface area (Å²) < 4.78 is 1.71. The van der Waals surface area contributed by atoms with Crippen LogP contribution < -0.4 is 4.90 Å². The first-order valence-electron chi connectivity index (χ1n) is 6.90. The van der Waals surface area contributed by atoms with Crippen molar-refractivity contribution in [2.45, 2.75) is 26.2 Å². The van der Waals surface area contributed by atoms with Crippen LogP contribution in [0.25, 0.3) is 11.0 Å². The van der Waals surface area contributed by atoms with Crippen LogP contribution in [-0.4, -0.2) is 38.9 Å². The van der Waals surface area contributed by atoms with Crippen LogP contribution in [-0.2, 0) is 7.05 Å². The topological polar surface area (TPSA) is 71.2 Å². The number of piperidine rings is 1. The van der Waals surface area contributed by atoms with Crippen molar-refractivity contribution >= 4 is 22.7 Å². The van der Waals surface area contributed by atoms with Crippen molar-refractivity contribution in [2.24, 2.45) is 7.05 Å². The second kappa shape index (κ2) is 4.77. The summed E-state index contributed by atoms with van der Waals surface area (Å²) in [5, 5.41) is 14.7. The molecule has 2 aromatic heterocycles. The molecule has 0 atom stereocenters. The molecule has 0 saturated carbocycles. The molecule has 0 spiro atoms. The lowest BCUT2D eigenvalue weighted by Crippen LogP contribution is -2.31. The number of anilines is 1. The van der Waals surface area contributed by atoms with Crippen molar-refractivity contribution in [3.63, 3.8) is 0 Å². The predicted molar refractivity (Wildman–Crippen MR) is 76.3 cm³/mol. The van der Waals surface area contributed by atoms with Crippen LogP contribution in [0.1, 0.15) is 35.3 Å². The molecule has 1 N–H and O–H groups in total. The van der Waals surface area contributed by atoms with Gasteiger partial charge in [-0.25, -0.2) is 9.78 Å². The Morgan fingerprint density at radius 1 is 1.30 bits per heavy atom. The number of pyridine rings is 1. The van der Waals surface area contributed by atoms with Gasteiger partial charge in [0.25, 0.3) is 0 Å². The molecule has 1 fully saturated rings. The van der Waals surface area contributed by atoms with E-state index in [1.54, 1.807) is 4.68 Å². The van der Waals surface area contributed by atoms with Crippen LogP contribution in [0.15, 0.2) is 6.20 Å². The average Bonchev–Trinajstić information content (AvgIpc) is 2.74. The maximum absolute atomic E-state index is 11.5. The van der Waals surface area contributed by atoms with Crippen LogP contribution in [0, 0.1) is 6.92 Å². The van der Waals surface area contributed by atoms with E-state index in [-0.39, 0.29) is 5.56 Å². The minimum Gasteiger partial charge on any atom is -0.478 e. The Bertz CT molecular complexity index is 671. The van der Waals surface area contributed by atoms with Gasteiger partial charge in [0.05, 0.1) is 16.8 Å². The lowest BCUT2D eigenvalue weighted by Gasteiger charge is -2.30. The summed E-state index contributed by atoms with van der Waals surface area (Å²) in [4.78, 5) is 18.0. The van der Waals surface area contributed by atoms with Crippen LogP contribution in [0.4, 0.5) is 5.69 Å². The molecule has 106 valence electrons. The van der Waals surface area contributed by atoms with Crippen molar-refractivity contribution in [2.75, 3.05) is 18.0 Å². The number of fused-ring (bicyclic) bond motifs is 1. The third kappa shape index (κ3) is 1.92. The van der Waals surface area contributed by atoms with E-state index in [0.29, 0.717) is 0 Å². The summed E-state index contributed by atoms with van der Waals surface area (Å²) in [6, 6.07) is 0. The van der Waals surface area contributed by atoms with Gasteiger partial charge in [0, 0.05) is 26.3 Å². The number of nitrogens with zero attached hydrogens (tertiary/aromatic N) is 4. The fourth-order valence-corrected chi connectivity index (χ4v) is 3.00. The average molecular weight is 274 g/mol. The second-order valence-corrected chi connectivity index (χ2v) is 5.28. The number of hydrogen-bond donors (Lipinski definition) is 1. The monoisotopic (exact) mass is 274 g/mol. The number of aryl methyl sites for hydroxylation is 2. The molecule has 20 heavy (non-hydrogen) atoms. The van der Waals surface area contributed by atoms with Gasteiger partial charge < -0.3 is 10.0 Å². The molecular weight excluding hydrogens is 256 g/mol. The van der Waals surface area contributed by atoms with Crippen molar-refractivity contribution in [1.29, 1.82) is 0 Å². The van der Waals surface area contributed by atoms with Crippen LogP contribution >= 0.6 is 0 Å². The molecule has 0 amide bonds. The summed E-state index contributed by atoms with van der Waals surface area (Å²) in [5.41, 5.74) is 2.63. The van der Waals surface area contributed by atoms with Gasteiger partial charge in [0.2, 0.25) is 0 Å². The molecule has 3 rings (SSSR count). The highest BCUT2D eigenvalue weighted by atomic mass is 16.4. The van der Waals surface area contributed by atoms with E-state index >= 15 is 0 Å². The number of hydrogen-bond acceptors (Lipinski definition) is 4. The van der Waals surface area contributed by atoms with Gasteiger partial charge in [-0.05, 0) is 26.2 Å². The van der Waals surface area contributed by atoms with E-state index in [9.17, 15) is 9.90 Å². The summed E-state index contributed by atoms with van der Waals surface area (Å²) in [6.45, 7) is 3.70. The van der Waals surface area contributed by atoms with Crippen LogP contribution in [0.3, 0.4) is 0 Å². The van der Waals surface area contributed by atoms with E-state index < -0.39 is 5.97 Å². The molecule has 1 saturated heterocycles. The predicted octanol–water partition coefficient (Wildman–Crippen LogP) is 1.97. The number of carboxylic acid groups (broad SMARTS) is 1. The molecule has 6 nitrogen and oxygen atoms in total. The Balaban J connectivity index is 2.28. The second-order valence-electron chi connectivity index (χ2n) is 5.28. The van der Waals surface area contributed by atoms with E-state index in [0.717, 1.165) is 48.3 Å². The molecular formula is C14H18N4O2. The Morgan fingerprint density at radius 3 is 2.65 bits per heavy atom. The first kappa shape index (κ1) is 12.9. The van der Waals surface area contributed by atoms with Crippen molar-refractivity contribution in [3.8, 4) is 0 Å². The third-order valence-electron chi connectivity index (χ3n) is 3.90. The van der Waals surface area contributed by atoms with Gasteiger partial charge in [-0.2, -0.15) is 5.10 Å². The highest BCUT2D eigenvalue weighted by Gasteiger charge is 2.24. The molecule has 0 aromatic carbocycles. The summed E-state index contributed by atoms with van der Waals surface area (Å²) >= 11 is 0. The van der Waals surface area contributed by atoms with Crippen molar-refractivity contribution in [3.05, 3.63) is 17.5 Å².